The first-order valence-electron chi connectivity index (χ1n) is 7.45. The average molecular weight is 351 g/mol. The third kappa shape index (κ3) is 2.33. The second-order valence-corrected chi connectivity index (χ2v) is 7.72. The molecule has 0 saturated carbocycles. The molecule has 2 aliphatic rings. The summed E-state index contributed by atoms with van der Waals surface area (Å²) in [5.41, 5.74) is 0.684. The predicted molar refractivity (Wildman–Crippen MR) is 83.7 cm³/mol. The number of aliphatic carboxylic acids is 1. The lowest BCUT2D eigenvalue weighted by atomic mass is 9.92. The second kappa shape index (κ2) is 5.71. The molecule has 2 atom stereocenters. The number of hydrogen-bond donors (Lipinski definition) is 1. The van der Waals surface area contributed by atoms with E-state index >= 15 is 0 Å². The molecule has 1 aromatic carbocycles. The Morgan fingerprint density at radius 2 is 1.67 bits per heavy atom. The number of benzene rings is 1. The minimum Gasteiger partial charge on any atom is -0.478 e. The van der Waals surface area contributed by atoms with E-state index in [0.717, 1.165) is 17.0 Å². The number of carbonyl (C=O) groups is 2. The molecule has 0 aromatic heterocycles. The van der Waals surface area contributed by atoms with Crippen molar-refractivity contribution in [2.45, 2.75) is 36.7 Å². The monoisotopic (exact) mass is 351 g/mol. The predicted octanol–water partition coefficient (Wildman–Crippen LogP) is 1.08. The van der Waals surface area contributed by atoms with Crippen molar-refractivity contribution in [2.24, 2.45) is 0 Å². The highest BCUT2D eigenvalue weighted by atomic mass is 32.2. The molecule has 0 amide bonds. The van der Waals surface area contributed by atoms with Gasteiger partial charge in [-0.1, -0.05) is 17.7 Å². The lowest BCUT2D eigenvalue weighted by Gasteiger charge is -2.23. The number of sulfonamides is 1. The minimum atomic E-state index is -3.91. The zero-order valence-electron chi connectivity index (χ0n) is 13.2. The Bertz CT molecular complexity index is 840. The summed E-state index contributed by atoms with van der Waals surface area (Å²) in [6.07, 6.45) is 0.773. The maximum absolute atomic E-state index is 13.0. The van der Waals surface area contributed by atoms with Crippen LogP contribution in [0.15, 0.2) is 40.3 Å². The number of nitrogens with zero attached hydrogens (tertiary/aromatic N) is 1. The van der Waals surface area contributed by atoms with Crippen molar-refractivity contribution in [1.29, 1.82) is 0 Å². The first-order chi connectivity index (χ1) is 11.3. The smallest absolute Gasteiger partial charge is 0.335 e. The van der Waals surface area contributed by atoms with Crippen LogP contribution in [0.3, 0.4) is 0 Å². The number of ether oxygens (including phenoxy) is 1. The molecule has 8 heteroatoms. The lowest BCUT2D eigenvalue weighted by molar-refractivity contribution is -0.138. The maximum atomic E-state index is 13.0. The van der Waals surface area contributed by atoms with Gasteiger partial charge in [0.2, 0.25) is 10.0 Å². The van der Waals surface area contributed by atoms with Gasteiger partial charge in [0.05, 0.1) is 35.2 Å². The molecule has 24 heavy (non-hydrogen) atoms. The molecule has 1 aromatic rings. The van der Waals surface area contributed by atoms with Crippen molar-refractivity contribution in [3.63, 3.8) is 0 Å². The number of methoxy groups -OCH3 is 1. The second-order valence-electron chi connectivity index (χ2n) is 5.88. The van der Waals surface area contributed by atoms with Crippen LogP contribution < -0.4 is 0 Å². The molecule has 1 N–H and O–H groups in total. The summed E-state index contributed by atoms with van der Waals surface area (Å²) >= 11 is 0. The third-order valence-electron chi connectivity index (χ3n) is 4.52. The van der Waals surface area contributed by atoms with Gasteiger partial charge in [0.1, 0.15) is 0 Å². The third-order valence-corrected chi connectivity index (χ3v) is 6.45. The molecular formula is C16H17NO6S. The van der Waals surface area contributed by atoms with Gasteiger partial charge in [-0.15, -0.1) is 0 Å². The highest BCUT2D eigenvalue weighted by Crippen LogP contribution is 2.45. The number of carboxylic acid groups (broad SMARTS) is 1. The fraction of sp³-hybridized carbons (Fsp3) is 0.375. The van der Waals surface area contributed by atoms with Crippen LogP contribution in [0.2, 0.25) is 0 Å². The fourth-order valence-electron chi connectivity index (χ4n) is 3.47. The van der Waals surface area contributed by atoms with Crippen LogP contribution in [0.5, 0.6) is 0 Å². The Morgan fingerprint density at radius 3 is 2.17 bits per heavy atom. The topological polar surface area (TPSA) is 101 Å². The highest BCUT2D eigenvalue weighted by molar-refractivity contribution is 7.89. The Kier molecular flexibility index (Phi) is 3.97. The van der Waals surface area contributed by atoms with Crippen LogP contribution in [0.1, 0.15) is 18.4 Å². The van der Waals surface area contributed by atoms with Crippen molar-refractivity contribution >= 4 is 22.0 Å². The van der Waals surface area contributed by atoms with E-state index in [1.807, 2.05) is 6.92 Å². The van der Waals surface area contributed by atoms with Gasteiger partial charge in [0.15, 0.2) is 0 Å². The molecule has 2 heterocycles. The van der Waals surface area contributed by atoms with Crippen molar-refractivity contribution in [3.8, 4) is 0 Å². The number of carbonyl (C=O) groups excluding carboxylic acids is 1. The van der Waals surface area contributed by atoms with E-state index in [1.54, 1.807) is 12.1 Å². The molecule has 0 radical (unpaired) electrons. The number of carboxylic acids is 1. The SMILES string of the molecule is COC(=O)C1=C(C(=O)O)[C@H]2CC[C@@H]1N2S(=O)(=O)c1ccc(C)cc1. The molecule has 128 valence electrons. The normalized spacial score (nSPS) is 23.6. The highest BCUT2D eigenvalue weighted by Gasteiger charge is 2.55. The van der Waals surface area contributed by atoms with Crippen molar-refractivity contribution in [2.75, 3.05) is 7.11 Å². The largest absolute Gasteiger partial charge is 0.478 e. The molecule has 2 bridgehead atoms. The molecule has 0 unspecified atom stereocenters. The van der Waals surface area contributed by atoms with Gasteiger partial charge in [-0.25, -0.2) is 18.0 Å². The van der Waals surface area contributed by atoms with E-state index in [-0.39, 0.29) is 16.0 Å². The number of esters is 1. The zero-order valence-corrected chi connectivity index (χ0v) is 14.0. The molecule has 7 nitrogen and oxygen atoms in total. The van der Waals surface area contributed by atoms with Gasteiger partial charge < -0.3 is 9.84 Å². The van der Waals surface area contributed by atoms with Gasteiger partial charge in [-0.3, -0.25) is 0 Å². The summed E-state index contributed by atoms with van der Waals surface area (Å²) in [5, 5.41) is 9.45. The van der Waals surface area contributed by atoms with E-state index < -0.39 is 34.0 Å². The quantitative estimate of drug-likeness (QED) is 0.815. The summed E-state index contributed by atoms with van der Waals surface area (Å²) in [5.74, 6) is -2.07. The summed E-state index contributed by atoms with van der Waals surface area (Å²) in [4.78, 5) is 23.7. The van der Waals surface area contributed by atoms with Crippen LogP contribution in [-0.2, 0) is 24.3 Å². The van der Waals surface area contributed by atoms with Gasteiger partial charge >= 0.3 is 11.9 Å². The lowest BCUT2D eigenvalue weighted by Crippen LogP contribution is -2.38. The Balaban J connectivity index is 2.08. The Morgan fingerprint density at radius 1 is 1.12 bits per heavy atom. The van der Waals surface area contributed by atoms with E-state index in [0.29, 0.717) is 12.8 Å². The summed E-state index contributed by atoms with van der Waals surface area (Å²) in [7, 11) is -2.76. The van der Waals surface area contributed by atoms with Crippen LogP contribution in [0.25, 0.3) is 0 Å². The van der Waals surface area contributed by atoms with Crippen molar-refractivity contribution in [1.82, 2.24) is 4.31 Å². The van der Waals surface area contributed by atoms with Crippen LogP contribution in [0.4, 0.5) is 0 Å². The minimum absolute atomic E-state index is 0.0584. The van der Waals surface area contributed by atoms with E-state index in [9.17, 15) is 23.1 Å². The van der Waals surface area contributed by atoms with Gasteiger partial charge in [-0.2, -0.15) is 4.31 Å². The maximum Gasteiger partial charge on any atom is 0.335 e. The summed E-state index contributed by atoms with van der Waals surface area (Å²) in [6.45, 7) is 1.84. The number of hydrogen-bond acceptors (Lipinski definition) is 5. The van der Waals surface area contributed by atoms with Crippen molar-refractivity contribution in [3.05, 3.63) is 41.0 Å². The van der Waals surface area contributed by atoms with Gasteiger partial charge in [0, 0.05) is 0 Å². The molecule has 1 saturated heterocycles. The average Bonchev–Trinajstić information content (AvgIpc) is 3.11. The molecule has 0 aliphatic carbocycles. The van der Waals surface area contributed by atoms with Crippen LogP contribution >= 0.6 is 0 Å². The van der Waals surface area contributed by atoms with Gasteiger partial charge in [0.25, 0.3) is 0 Å². The Labute approximate surface area is 139 Å². The standard InChI is InChI=1S/C16H17NO6S/c1-9-3-5-10(6-4-9)24(21,22)17-11-7-8-12(17)14(16(20)23-2)13(11)15(18)19/h3-6,11-12H,7-8H2,1-2H3,(H,18,19)/t11-,12+/m1/s1. The molecule has 0 spiro atoms. The zero-order chi connectivity index (χ0) is 17.6. The van der Waals surface area contributed by atoms with E-state index in [4.69, 9.17) is 0 Å². The number of rotatable bonds is 4. The summed E-state index contributed by atoms with van der Waals surface area (Å²) < 4.78 is 31.8. The number of aryl methyl sites for hydroxylation is 1. The molecule has 1 fully saturated rings. The molecule has 3 rings (SSSR count). The van der Waals surface area contributed by atoms with E-state index in [2.05, 4.69) is 4.74 Å². The van der Waals surface area contributed by atoms with Crippen LogP contribution in [-0.4, -0.2) is 49.0 Å². The van der Waals surface area contributed by atoms with E-state index in [1.165, 1.54) is 12.1 Å². The number of fused-ring (bicyclic) bond motifs is 2. The molecular weight excluding hydrogens is 334 g/mol. The summed E-state index contributed by atoms with van der Waals surface area (Å²) in [6, 6.07) is 4.70. The van der Waals surface area contributed by atoms with Crippen LogP contribution in [0, 0.1) is 6.92 Å². The first-order valence-corrected chi connectivity index (χ1v) is 8.89. The Hall–Kier alpha value is -2.19. The van der Waals surface area contributed by atoms with Crippen molar-refractivity contribution < 1.29 is 27.9 Å². The van der Waals surface area contributed by atoms with Gasteiger partial charge in [-0.05, 0) is 31.9 Å². The fourth-order valence-corrected chi connectivity index (χ4v) is 5.29. The first kappa shape index (κ1) is 16.7. The molecule has 2 aliphatic heterocycles.